The Morgan fingerprint density at radius 3 is 1.88 bits per heavy atom. The van der Waals surface area contributed by atoms with Gasteiger partial charge in [0.2, 0.25) is 0 Å². The third-order valence-corrected chi connectivity index (χ3v) is 5.12. The summed E-state index contributed by atoms with van der Waals surface area (Å²) in [7, 11) is 1.54. The van der Waals surface area contributed by atoms with Crippen LogP contribution < -0.4 is 0 Å². The SMILES string of the molecule is CCC(C)(C)OC(=O)C[Si](OC)(OC)OC. The minimum Gasteiger partial charge on any atom is -0.460 e. The summed E-state index contributed by atoms with van der Waals surface area (Å²) in [6.07, 6.45) is 0.750. The molecular weight excluding hydrogens is 228 g/mol. The fourth-order valence-electron chi connectivity index (χ4n) is 1.06. The van der Waals surface area contributed by atoms with Gasteiger partial charge in [-0.25, -0.2) is 0 Å². The molecule has 0 aromatic heterocycles. The Balaban J connectivity index is 4.42. The molecule has 16 heavy (non-hydrogen) atoms. The molecule has 6 heteroatoms. The normalized spacial score (nSPS) is 12.6. The van der Waals surface area contributed by atoms with E-state index in [2.05, 4.69) is 0 Å². The molecule has 0 aliphatic rings. The highest BCUT2D eigenvalue weighted by atomic mass is 28.4. The number of hydrogen-bond acceptors (Lipinski definition) is 5. The van der Waals surface area contributed by atoms with Crippen LogP contribution in [0.1, 0.15) is 27.2 Å². The molecule has 0 fully saturated rings. The van der Waals surface area contributed by atoms with Crippen molar-refractivity contribution in [3.63, 3.8) is 0 Å². The zero-order chi connectivity index (χ0) is 12.8. The summed E-state index contributed by atoms with van der Waals surface area (Å²) in [6, 6.07) is 0.0277. The predicted molar refractivity (Wildman–Crippen MR) is 62.1 cm³/mol. The average Bonchev–Trinajstić information content (AvgIpc) is 2.25. The van der Waals surface area contributed by atoms with Crippen LogP contribution in [0.4, 0.5) is 0 Å². The van der Waals surface area contributed by atoms with Crippen molar-refractivity contribution < 1.29 is 22.8 Å². The predicted octanol–water partition coefficient (Wildman–Crippen LogP) is 1.60. The maximum Gasteiger partial charge on any atom is 0.511 e. The van der Waals surface area contributed by atoms with Gasteiger partial charge >= 0.3 is 14.8 Å². The highest BCUT2D eigenvalue weighted by molar-refractivity contribution is 6.63. The van der Waals surface area contributed by atoms with Crippen LogP contribution in [-0.4, -0.2) is 41.7 Å². The molecule has 96 valence electrons. The molecule has 0 aromatic carbocycles. The molecule has 0 spiro atoms. The Bertz CT molecular complexity index is 217. The smallest absolute Gasteiger partial charge is 0.460 e. The molecule has 0 radical (unpaired) electrons. The lowest BCUT2D eigenvalue weighted by Crippen LogP contribution is -2.46. The third kappa shape index (κ3) is 4.61. The summed E-state index contributed by atoms with van der Waals surface area (Å²) in [6.45, 7) is 5.68. The van der Waals surface area contributed by atoms with E-state index in [0.29, 0.717) is 0 Å². The van der Waals surface area contributed by atoms with E-state index < -0.39 is 14.4 Å². The van der Waals surface area contributed by atoms with Crippen molar-refractivity contribution in [2.24, 2.45) is 0 Å². The summed E-state index contributed by atoms with van der Waals surface area (Å²) < 4.78 is 20.7. The van der Waals surface area contributed by atoms with E-state index in [1.165, 1.54) is 21.3 Å². The molecule has 0 saturated carbocycles. The summed E-state index contributed by atoms with van der Waals surface area (Å²) in [5, 5.41) is 0. The first-order valence-electron chi connectivity index (χ1n) is 5.22. The molecule has 0 bridgehead atoms. The van der Waals surface area contributed by atoms with Gasteiger partial charge in [-0.15, -0.1) is 0 Å². The molecule has 0 atom stereocenters. The monoisotopic (exact) mass is 250 g/mol. The van der Waals surface area contributed by atoms with Gasteiger partial charge in [-0.3, -0.25) is 4.79 Å². The largest absolute Gasteiger partial charge is 0.511 e. The van der Waals surface area contributed by atoms with Gasteiger partial charge in [-0.2, -0.15) is 0 Å². The third-order valence-electron chi connectivity index (χ3n) is 2.54. The standard InChI is InChI=1S/C10H22O5Si/c1-7-10(2,3)15-9(11)8-16(12-4,13-5)14-6/h7-8H2,1-6H3. The van der Waals surface area contributed by atoms with Gasteiger partial charge in [0.25, 0.3) is 0 Å². The van der Waals surface area contributed by atoms with Crippen molar-refractivity contribution in [3.05, 3.63) is 0 Å². The van der Waals surface area contributed by atoms with E-state index in [9.17, 15) is 4.79 Å². The van der Waals surface area contributed by atoms with Gasteiger partial charge < -0.3 is 18.0 Å². The highest BCUT2D eigenvalue weighted by Gasteiger charge is 2.42. The Morgan fingerprint density at radius 1 is 1.12 bits per heavy atom. The quantitative estimate of drug-likeness (QED) is 0.507. The summed E-state index contributed by atoms with van der Waals surface area (Å²) >= 11 is 0. The number of carbonyl (C=O) groups excluding carboxylic acids is 1. The van der Waals surface area contributed by atoms with Crippen molar-refractivity contribution >= 4 is 14.8 Å². The minimum absolute atomic E-state index is 0.0277. The first-order chi connectivity index (χ1) is 7.34. The van der Waals surface area contributed by atoms with E-state index in [1.54, 1.807) is 0 Å². The van der Waals surface area contributed by atoms with Gasteiger partial charge in [0.15, 0.2) is 0 Å². The second-order valence-corrected chi connectivity index (χ2v) is 7.00. The maximum atomic E-state index is 11.7. The van der Waals surface area contributed by atoms with Gasteiger partial charge in [-0.05, 0) is 20.3 Å². The van der Waals surface area contributed by atoms with E-state index in [-0.39, 0.29) is 12.0 Å². The summed E-state index contributed by atoms with van der Waals surface area (Å²) in [5.41, 5.74) is -0.466. The van der Waals surface area contributed by atoms with Crippen molar-refractivity contribution in [1.29, 1.82) is 0 Å². The van der Waals surface area contributed by atoms with E-state index in [4.69, 9.17) is 18.0 Å². The molecule has 0 heterocycles. The van der Waals surface area contributed by atoms with E-state index >= 15 is 0 Å². The molecule has 0 aliphatic heterocycles. The van der Waals surface area contributed by atoms with E-state index in [0.717, 1.165) is 6.42 Å². The Kier molecular flexibility index (Phi) is 6.17. The number of rotatable bonds is 7. The molecule has 0 unspecified atom stereocenters. The van der Waals surface area contributed by atoms with Crippen molar-refractivity contribution in [2.45, 2.75) is 38.8 Å². The molecule has 0 amide bonds. The van der Waals surface area contributed by atoms with Crippen LogP contribution in [0.15, 0.2) is 0 Å². The zero-order valence-electron chi connectivity index (χ0n) is 11.0. The van der Waals surface area contributed by atoms with Crippen LogP contribution in [0.2, 0.25) is 6.04 Å². The lowest BCUT2D eigenvalue weighted by molar-refractivity contribution is -0.154. The highest BCUT2D eigenvalue weighted by Crippen LogP contribution is 2.19. The number of ether oxygens (including phenoxy) is 1. The fraction of sp³-hybridized carbons (Fsp3) is 0.900. The number of esters is 1. The second-order valence-electron chi connectivity index (χ2n) is 4.06. The van der Waals surface area contributed by atoms with Crippen molar-refractivity contribution in [3.8, 4) is 0 Å². The van der Waals surface area contributed by atoms with Crippen molar-refractivity contribution in [2.75, 3.05) is 21.3 Å². The Hall–Kier alpha value is -0.433. The summed E-state index contributed by atoms with van der Waals surface area (Å²) in [4.78, 5) is 11.7. The zero-order valence-corrected chi connectivity index (χ0v) is 12.0. The van der Waals surface area contributed by atoms with Crippen LogP contribution in [0.3, 0.4) is 0 Å². The first kappa shape index (κ1) is 15.6. The topological polar surface area (TPSA) is 54.0 Å². The van der Waals surface area contributed by atoms with Gasteiger partial charge in [0.05, 0.1) is 0 Å². The Morgan fingerprint density at radius 2 is 1.56 bits per heavy atom. The first-order valence-corrected chi connectivity index (χ1v) is 7.15. The van der Waals surface area contributed by atoms with Crippen LogP contribution in [0.25, 0.3) is 0 Å². The van der Waals surface area contributed by atoms with Crippen LogP contribution in [0.5, 0.6) is 0 Å². The van der Waals surface area contributed by atoms with Crippen LogP contribution in [-0.2, 0) is 22.8 Å². The van der Waals surface area contributed by atoms with Crippen LogP contribution >= 0.6 is 0 Å². The van der Waals surface area contributed by atoms with Gasteiger partial charge in [0.1, 0.15) is 11.6 Å². The van der Waals surface area contributed by atoms with Crippen molar-refractivity contribution in [1.82, 2.24) is 0 Å². The molecule has 0 N–H and O–H groups in total. The maximum absolute atomic E-state index is 11.7. The lowest BCUT2D eigenvalue weighted by Gasteiger charge is -2.27. The molecule has 0 saturated heterocycles. The molecule has 0 rings (SSSR count). The molecule has 0 aliphatic carbocycles. The lowest BCUT2D eigenvalue weighted by atomic mass is 10.1. The van der Waals surface area contributed by atoms with Gasteiger partial charge in [0, 0.05) is 21.3 Å². The summed E-state index contributed by atoms with van der Waals surface area (Å²) in [5.74, 6) is -0.357. The Labute approximate surface area is 98.4 Å². The molecular formula is C10H22O5Si. The van der Waals surface area contributed by atoms with E-state index in [1.807, 2.05) is 20.8 Å². The van der Waals surface area contributed by atoms with Gasteiger partial charge in [-0.1, -0.05) is 6.92 Å². The molecule has 5 nitrogen and oxygen atoms in total. The minimum atomic E-state index is -2.87. The van der Waals surface area contributed by atoms with Crippen LogP contribution in [0, 0.1) is 0 Å². The number of hydrogen-bond donors (Lipinski definition) is 0. The fourth-order valence-corrected chi connectivity index (χ4v) is 2.42. The average molecular weight is 250 g/mol. The number of carbonyl (C=O) groups is 1. The molecule has 0 aromatic rings. The second kappa shape index (κ2) is 6.34.